The Balaban J connectivity index is 2.03. The molecule has 0 spiro atoms. The average Bonchev–Trinajstić information content (AvgIpc) is 2.59. The van der Waals surface area contributed by atoms with E-state index in [0.29, 0.717) is 11.5 Å². The number of hydrogen-bond acceptors (Lipinski definition) is 3. The lowest BCUT2D eigenvalue weighted by Gasteiger charge is -2.48. The monoisotopic (exact) mass is 290 g/mol. The highest BCUT2D eigenvalue weighted by molar-refractivity contribution is 7.80. The van der Waals surface area contributed by atoms with E-state index in [0.717, 1.165) is 5.56 Å². The molecule has 1 aromatic carbocycles. The first-order valence-corrected chi connectivity index (χ1v) is 7.13. The molecular weight excluding hydrogens is 272 g/mol. The van der Waals surface area contributed by atoms with Gasteiger partial charge in [0.2, 0.25) is 0 Å². The molecule has 2 aliphatic rings. The Morgan fingerprint density at radius 3 is 2.60 bits per heavy atom. The van der Waals surface area contributed by atoms with Crippen LogP contribution in [0.2, 0.25) is 0 Å². The molecule has 106 valence electrons. The van der Waals surface area contributed by atoms with Gasteiger partial charge in [-0.05, 0) is 38.6 Å². The van der Waals surface area contributed by atoms with Gasteiger partial charge in [-0.15, -0.1) is 0 Å². The minimum Gasteiger partial charge on any atom is -0.437 e. The first-order valence-electron chi connectivity index (χ1n) is 6.72. The van der Waals surface area contributed by atoms with Gasteiger partial charge in [0, 0.05) is 12.0 Å². The topological polar surface area (TPSA) is 41.6 Å². The number of fused-ring (bicyclic) bond motifs is 1. The van der Waals surface area contributed by atoms with Crippen molar-refractivity contribution in [3.05, 3.63) is 35.9 Å². The van der Waals surface area contributed by atoms with Gasteiger partial charge in [0.25, 0.3) is 0 Å². The van der Waals surface area contributed by atoms with Crippen LogP contribution in [0.15, 0.2) is 30.3 Å². The van der Waals surface area contributed by atoms with Crippen LogP contribution >= 0.6 is 12.2 Å². The van der Waals surface area contributed by atoms with E-state index in [9.17, 15) is 4.79 Å². The molecule has 0 amide bonds. The van der Waals surface area contributed by atoms with Crippen molar-refractivity contribution in [2.45, 2.75) is 44.5 Å². The van der Waals surface area contributed by atoms with Gasteiger partial charge in [0.15, 0.2) is 16.9 Å². The smallest absolute Gasteiger partial charge is 0.335 e. The Kier molecular flexibility index (Phi) is 2.80. The van der Waals surface area contributed by atoms with Gasteiger partial charge < -0.3 is 10.1 Å². The summed E-state index contributed by atoms with van der Waals surface area (Å²) in [6.07, 6.45) is 0.690. The van der Waals surface area contributed by atoms with Crippen LogP contribution in [0.25, 0.3) is 0 Å². The Bertz CT molecular complexity index is 572. The highest BCUT2D eigenvalue weighted by atomic mass is 32.1. The Morgan fingerprint density at radius 1 is 1.30 bits per heavy atom. The average molecular weight is 290 g/mol. The highest BCUT2D eigenvalue weighted by Crippen LogP contribution is 2.44. The number of carbonyl (C=O) groups excluding carboxylic acids is 1. The van der Waals surface area contributed by atoms with E-state index in [4.69, 9.17) is 17.0 Å². The molecule has 20 heavy (non-hydrogen) atoms. The van der Waals surface area contributed by atoms with Crippen molar-refractivity contribution < 1.29 is 9.53 Å². The Morgan fingerprint density at radius 2 is 1.95 bits per heavy atom. The van der Waals surface area contributed by atoms with Gasteiger partial charge in [-0.1, -0.05) is 30.3 Å². The Labute approximate surface area is 124 Å². The number of rotatable bonds is 1. The molecule has 2 aliphatic heterocycles. The number of thiocarbonyl (C=S) groups is 1. The summed E-state index contributed by atoms with van der Waals surface area (Å²) in [7, 11) is 0. The van der Waals surface area contributed by atoms with Crippen LogP contribution in [-0.2, 0) is 9.53 Å². The molecule has 4 nitrogen and oxygen atoms in total. The van der Waals surface area contributed by atoms with Crippen LogP contribution < -0.4 is 5.32 Å². The number of nitrogens with one attached hydrogen (secondary N) is 1. The molecule has 5 heteroatoms. The maximum absolute atomic E-state index is 12.4. The SMILES string of the molecule is CC1(C)C[C@@]2(C)OC(=O)[C@@H](c3ccccc3)N2C(=S)N1. The van der Waals surface area contributed by atoms with Crippen molar-refractivity contribution in [2.75, 3.05) is 0 Å². The third kappa shape index (κ3) is 1.97. The third-order valence-corrected chi connectivity index (χ3v) is 4.16. The fourth-order valence-electron chi connectivity index (χ4n) is 3.29. The zero-order valence-corrected chi connectivity index (χ0v) is 12.7. The number of nitrogens with zero attached hydrogens (tertiary/aromatic N) is 1. The number of esters is 1. The van der Waals surface area contributed by atoms with Crippen LogP contribution in [0.3, 0.4) is 0 Å². The predicted molar refractivity (Wildman–Crippen MR) is 79.9 cm³/mol. The van der Waals surface area contributed by atoms with E-state index in [1.807, 2.05) is 42.2 Å². The molecule has 0 aromatic heterocycles. The number of carbonyl (C=O) groups is 1. The van der Waals surface area contributed by atoms with Crippen LogP contribution in [0.4, 0.5) is 0 Å². The van der Waals surface area contributed by atoms with Crippen molar-refractivity contribution in [2.24, 2.45) is 0 Å². The van der Waals surface area contributed by atoms with Crippen LogP contribution in [0, 0.1) is 0 Å². The Hall–Kier alpha value is -1.62. The zero-order valence-electron chi connectivity index (χ0n) is 11.8. The summed E-state index contributed by atoms with van der Waals surface area (Å²) >= 11 is 5.48. The molecule has 2 heterocycles. The van der Waals surface area contributed by atoms with Gasteiger partial charge >= 0.3 is 5.97 Å². The fraction of sp³-hybridized carbons (Fsp3) is 0.467. The molecule has 3 rings (SSSR count). The molecule has 1 N–H and O–H groups in total. The zero-order chi connectivity index (χ0) is 14.5. The predicted octanol–water partition coefficient (Wildman–Crippen LogP) is 2.36. The summed E-state index contributed by atoms with van der Waals surface area (Å²) in [4.78, 5) is 14.2. The summed E-state index contributed by atoms with van der Waals surface area (Å²) < 4.78 is 5.69. The van der Waals surface area contributed by atoms with E-state index < -0.39 is 11.8 Å². The van der Waals surface area contributed by atoms with E-state index in [2.05, 4.69) is 19.2 Å². The first-order chi connectivity index (χ1) is 9.32. The van der Waals surface area contributed by atoms with E-state index in [1.54, 1.807) is 0 Å². The summed E-state index contributed by atoms with van der Waals surface area (Å²) in [5, 5.41) is 3.87. The van der Waals surface area contributed by atoms with Gasteiger partial charge in [-0.3, -0.25) is 4.90 Å². The van der Waals surface area contributed by atoms with Gasteiger partial charge in [-0.2, -0.15) is 0 Å². The van der Waals surface area contributed by atoms with E-state index >= 15 is 0 Å². The van der Waals surface area contributed by atoms with Crippen molar-refractivity contribution in [3.8, 4) is 0 Å². The summed E-state index contributed by atoms with van der Waals surface area (Å²) in [5.74, 6) is -0.236. The van der Waals surface area contributed by atoms with Crippen LogP contribution in [0.1, 0.15) is 38.8 Å². The molecule has 0 saturated carbocycles. The summed E-state index contributed by atoms with van der Waals surface area (Å²) in [6, 6.07) is 9.17. The molecule has 0 radical (unpaired) electrons. The molecule has 0 aliphatic carbocycles. The first kappa shape index (κ1) is 13.4. The fourth-order valence-corrected chi connectivity index (χ4v) is 3.86. The maximum Gasteiger partial charge on any atom is 0.335 e. The summed E-state index contributed by atoms with van der Waals surface area (Å²) in [6.45, 7) is 6.06. The molecular formula is C15H18N2O2S. The standard InChI is InChI=1S/C15H18N2O2S/c1-14(2)9-15(3)17(13(20)16-14)11(12(18)19-15)10-7-5-4-6-8-10/h4-8,11H,9H2,1-3H3,(H,16,20)/t11-,15-/m1/s1. The van der Waals surface area contributed by atoms with Crippen molar-refractivity contribution in [1.29, 1.82) is 0 Å². The molecule has 0 unspecified atom stereocenters. The van der Waals surface area contributed by atoms with Gasteiger partial charge in [0.05, 0.1) is 0 Å². The third-order valence-electron chi connectivity index (χ3n) is 3.86. The number of benzene rings is 1. The van der Waals surface area contributed by atoms with E-state index in [-0.39, 0.29) is 11.5 Å². The second kappa shape index (κ2) is 4.19. The molecule has 0 bridgehead atoms. The van der Waals surface area contributed by atoms with Gasteiger partial charge in [-0.25, -0.2) is 4.79 Å². The highest BCUT2D eigenvalue weighted by Gasteiger charge is 2.57. The van der Waals surface area contributed by atoms with E-state index in [1.165, 1.54) is 0 Å². The largest absolute Gasteiger partial charge is 0.437 e. The van der Waals surface area contributed by atoms with Gasteiger partial charge in [0.1, 0.15) is 0 Å². The lowest BCUT2D eigenvalue weighted by Crippen LogP contribution is -2.64. The second-order valence-electron chi connectivity index (χ2n) is 6.27. The quantitative estimate of drug-likeness (QED) is 0.635. The lowest BCUT2D eigenvalue weighted by atomic mass is 9.89. The van der Waals surface area contributed by atoms with Crippen LogP contribution in [0.5, 0.6) is 0 Å². The number of hydrogen-bond donors (Lipinski definition) is 1. The lowest BCUT2D eigenvalue weighted by molar-refractivity contribution is -0.153. The van der Waals surface area contributed by atoms with Crippen molar-refractivity contribution in [1.82, 2.24) is 10.2 Å². The minimum atomic E-state index is -0.677. The normalized spacial score (nSPS) is 31.6. The molecule has 1 aromatic rings. The second-order valence-corrected chi connectivity index (χ2v) is 6.66. The van der Waals surface area contributed by atoms with Crippen molar-refractivity contribution >= 4 is 23.3 Å². The summed E-state index contributed by atoms with van der Waals surface area (Å²) in [5.41, 5.74) is 0.0440. The molecule has 2 saturated heterocycles. The molecule has 2 fully saturated rings. The van der Waals surface area contributed by atoms with Crippen molar-refractivity contribution in [3.63, 3.8) is 0 Å². The van der Waals surface area contributed by atoms with Crippen LogP contribution in [-0.4, -0.2) is 27.2 Å². The minimum absolute atomic E-state index is 0.186. The molecule has 2 atom stereocenters. The number of ether oxygens (including phenoxy) is 1. The maximum atomic E-state index is 12.4.